The van der Waals surface area contributed by atoms with Gasteiger partial charge in [0.2, 0.25) is 0 Å². The second-order valence-corrected chi connectivity index (χ2v) is 6.61. The predicted octanol–water partition coefficient (Wildman–Crippen LogP) is 5.32. The Bertz CT molecular complexity index is 756. The highest BCUT2D eigenvalue weighted by Gasteiger charge is 2.26. The summed E-state index contributed by atoms with van der Waals surface area (Å²) in [5.41, 5.74) is 7.01. The maximum Gasteiger partial charge on any atom is 0.163 e. The van der Waals surface area contributed by atoms with Crippen LogP contribution in [0, 0.1) is 6.92 Å². The molecule has 0 amide bonds. The average Bonchev–Trinajstić information content (AvgIpc) is 3.23. The standard InChI is InChI=1S/C19H17ClO/c1-11-14(6-7-17-15(11)8-9-19(17)21)13-4-5-16(12-2-3-12)18(20)10-13/h4-7,10,12H,2-3,8-9H2,1H3. The molecule has 4 rings (SSSR count). The molecule has 1 nitrogen and oxygen atoms in total. The third-order valence-electron chi connectivity index (χ3n) is 4.83. The van der Waals surface area contributed by atoms with Gasteiger partial charge in [-0.2, -0.15) is 0 Å². The molecule has 2 aliphatic rings. The minimum Gasteiger partial charge on any atom is -0.294 e. The van der Waals surface area contributed by atoms with Gasteiger partial charge in [0, 0.05) is 17.0 Å². The Kier molecular flexibility index (Phi) is 2.93. The molecule has 106 valence electrons. The van der Waals surface area contributed by atoms with E-state index in [9.17, 15) is 4.79 Å². The second kappa shape index (κ2) is 4.71. The average molecular weight is 297 g/mol. The van der Waals surface area contributed by atoms with E-state index in [1.54, 1.807) is 0 Å². The fraction of sp³-hybridized carbons (Fsp3) is 0.316. The van der Waals surface area contributed by atoms with Gasteiger partial charge in [-0.3, -0.25) is 4.79 Å². The minimum atomic E-state index is 0.279. The van der Waals surface area contributed by atoms with Crippen molar-refractivity contribution in [1.82, 2.24) is 0 Å². The van der Waals surface area contributed by atoms with E-state index in [-0.39, 0.29) is 5.78 Å². The topological polar surface area (TPSA) is 17.1 Å². The molecule has 0 aromatic heterocycles. The lowest BCUT2D eigenvalue weighted by atomic mass is 9.93. The molecule has 0 radical (unpaired) electrons. The van der Waals surface area contributed by atoms with E-state index in [1.165, 1.54) is 35.1 Å². The third kappa shape index (κ3) is 2.11. The first-order valence-electron chi connectivity index (χ1n) is 7.60. The zero-order valence-corrected chi connectivity index (χ0v) is 12.8. The predicted molar refractivity (Wildman–Crippen MR) is 86.3 cm³/mol. The Morgan fingerprint density at radius 2 is 1.81 bits per heavy atom. The molecule has 0 spiro atoms. The Balaban J connectivity index is 1.80. The highest BCUT2D eigenvalue weighted by atomic mass is 35.5. The number of carbonyl (C=O) groups excluding carboxylic acids is 1. The quantitative estimate of drug-likeness (QED) is 0.733. The number of hydrogen-bond donors (Lipinski definition) is 0. The van der Waals surface area contributed by atoms with Crippen LogP contribution in [0.15, 0.2) is 30.3 Å². The van der Waals surface area contributed by atoms with Crippen LogP contribution >= 0.6 is 11.6 Å². The summed E-state index contributed by atoms with van der Waals surface area (Å²) >= 11 is 6.45. The highest BCUT2D eigenvalue weighted by Crippen LogP contribution is 2.44. The summed E-state index contributed by atoms with van der Waals surface area (Å²) < 4.78 is 0. The van der Waals surface area contributed by atoms with Crippen LogP contribution in [0.25, 0.3) is 11.1 Å². The van der Waals surface area contributed by atoms with Gasteiger partial charge < -0.3 is 0 Å². The number of rotatable bonds is 2. The van der Waals surface area contributed by atoms with E-state index < -0.39 is 0 Å². The van der Waals surface area contributed by atoms with Crippen molar-refractivity contribution in [3.63, 3.8) is 0 Å². The van der Waals surface area contributed by atoms with Crippen molar-refractivity contribution >= 4 is 17.4 Å². The van der Waals surface area contributed by atoms with Crippen LogP contribution < -0.4 is 0 Å². The van der Waals surface area contributed by atoms with Crippen molar-refractivity contribution in [2.24, 2.45) is 0 Å². The lowest BCUT2D eigenvalue weighted by Gasteiger charge is -2.12. The minimum absolute atomic E-state index is 0.279. The van der Waals surface area contributed by atoms with Gasteiger partial charge >= 0.3 is 0 Å². The van der Waals surface area contributed by atoms with Crippen molar-refractivity contribution in [1.29, 1.82) is 0 Å². The van der Waals surface area contributed by atoms with Crippen molar-refractivity contribution < 1.29 is 4.79 Å². The van der Waals surface area contributed by atoms with E-state index in [2.05, 4.69) is 31.2 Å². The van der Waals surface area contributed by atoms with Gasteiger partial charge in [0.25, 0.3) is 0 Å². The zero-order chi connectivity index (χ0) is 14.6. The summed E-state index contributed by atoms with van der Waals surface area (Å²) in [5, 5.41) is 0.881. The van der Waals surface area contributed by atoms with Gasteiger partial charge in [-0.25, -0.2) is 0 Å². The molecular weight excluding hydrogens is 280 g/mol. The summed E-state index contributed by atoms with van der Waals surface area (Å²) in [5.74, 6) is 0.951. The molecule has 2 aliphatic carbocycles. The maximum absolute atomic E-state index is 11.8. The van der Waals surface area contributed by atoms with Crippen molar-refractivity contribution in [3.8, 4) is 11.1 Å². The number of ketones is 1. The Labute approximate surface area is 129 Å². The normalized spacial score (nSPS) is 17.1. The second-order valence-electron chi connectivity index (χ2n) is 6.20. The van der Waals surface area contributed by atoms with Crippen LogP contribution in [-0.4, -0.2) is 5.78 Å². The van der Waals surface area contributed by atoms with Gasteiger partial charge in [-0.05, 0) is 66.0 Å². The number of carbonyl (C=O) groups is 1. The molecule has 0 saturated heterocycles. The van der Waals surface area contributed by atoms with Gasteiger partial charge in [0.1, 0.15) is 0 Å². The van der Waals surface area contributed by atoms with Crippen LogP contribution in [-0.2, 0) is 6.42 Å². The molecule has 2 heteroatoms. The third-order valence-corrected chi connectivity index (χ3v) is 5.16. The van der Waals surface area contributed by atoms with E-state index >= 15 is 0 Å². The summed E-state index contributed by atoms with van der Waals surface area (Å²) in [6.07, 6.45) is 4.06. The number of Topliss-reactive ketones (excluding diaryl/α,β-unsaturated/α-hetero) is 1. The van der Waals surface area contributed by atoms with Crippen molar-refractivity contribution in [2.45, 2.75) is 38.5 Å². The smallest absolute Gasteiger partial charge is 0.163 e. The zero-order valence-electron chi connectivity index (χ0n) is 12.1. The van der Waals surface area contributed by atoms with Crippen LogP contribution in [0.4, 0.5) is 0 Å². The maximum atomic E-state index is 11.8. The molecule has 1 saturated carbocycles. The van der Waals surface area contributed by atoms with Gasteiger partial charge in [-0.1, -0.05) is 35.9 Å². The van der Waals surface area contributed by atoms with Crippen LogP contribution in [0.5, 0.6) is 0 Å². The summed E-state index contributed by atoms with van der Waals surface area (Å²) in [6, 6.07) is 10.5. The number of halogens is 1. The molecular formula is C19H17ClO. The van der Waals surface area contributed by atoms with Gasteiger partial charge in [0.15, 0.2) is 5.78 Å². The van der Waals surface area contributed by atoms with Crippen molar-refractivity contribution in [2.75, 3.05) is 0 Å². The number of benzene rings is 2. The molecule has 0 heterocycles. The lowest BCUT2D eigenvalue weighted by Crippen LogP contribution is -1.95. The van der Waals surface area contributed by atoms with Crippen LogP contribution in [0.2, 0.25) is 5.02 Å². The molecule has 0 N–H and O–H groups in total. The summed E-state index contributed by atoms with van der Waals surface area (Å²) in [7, 11) is 0. The fourth-order valence-electron chi connectivity index (χ4n) is 3.45. The molecule has 0 unspecified atom stereocenters. The SMILES string of the molecule is Cc1c(-c2ccc(C3CC3)c(Cl)c2)ccc2c1CCC2=O. The molecule has 2 aromatic rings. The molecule has 21 heavy (non-hydrogen) atoms. The largest absolute Gasteiger partial charge is 0.294 e. The van der Waals surface area contributed by atoms with E-state index in [4.69, 9.17) is 11.6 Å². The summed E-state index contributed by atoms with van der Waals surface area (Å²) in [4.78, 5) is 11.8. The number of hydrogen-bond acceptors (Lipinski definition) is 1. The van der Waals surface area contributed by atoms with E-state index in [1.807, 2.05) is 6.07 Å². The summed E-state index contributed by atoms with van der Waals surface area (Å²) in [6.45, 7) is 2.12. The number of fused-ring (bicyclic) bond motifs is 1. The Morgan fingerprint density at radius 3 is 2.52 bits per heavy atom. The van der Waals surface area contributed by atoms with Gasteiger partial charge in [0.05, 0.1) is 0 Å². The highest BCUT2D eigenvalue weighted by molar-refractivity contribution is 6.31. The van der Waals surface area contributed by atoms with E-state index in [0.29, 0.717) is 12.3 Å². The fourth-order valence-corrected chi connectivity index (χ4v) is 3.78. The molecule has 0 bridgehead atoms. The van der Waals surface area contributed by atoms with E-state index in [0.717, 1.165) is 22.6 Å². The first kappa shape index (κ1) is 13.1. The lowest BCUT2D eigenvalue weighted by molar-refractivity contribution is 0.0994. The molecule has 0 aliphatic heterocycles. The van der Waals surface area contributed by atoms with Gasteiger partial charge in [-0.15, -0.1) is 0 Å². The molecule has 0 atom stereocenters. The van der Waals surface area contributed by atoms with Crippen LogP contribution in [0.1, 0.15) is 52.2 Å². The monoisotopic (exact) mass is 296 g/mol. The van der Waals surface area contributed by atoms with Crippen molar-refractivity contribution in [3.05, 3.63) is 57.6 Å². The Morgan fingerprint density at radius 1 is 1.05 bits per heavy atom. The first-order chi connectivity index (χ1) is 10.1. The first-order valence-corrected chi connectivity index (χ1v) is 7.98. The molecule has 2 aromatic carbocycles. The molecule has 1 fully saturated rings. The van der Waals surface area contributed by atoms with Crippen LogP contribution in [0.3, 0.4) is 0 Å². The Hall–Kier alpha value is -1.60.